The average molecular weight is 532 g/mol. The molecule has 0 saturated heterocycles. The van der Waals surface area contributed by atoms with E-state index in [-0.39, 0.29) is 11.6 Å². The van der Waals surface area contributed by atoms with E-state index in [1.54, 1.807) is 23.5 Å². The molecule has 0 aliphatic heterocycles. The first-order valence-corrected chi connectivity index (χ1v) is 11.9. The van der Waals surface area contributed by atoms with Crippen LogP contribution in [0.5, 0.6) is 11.6 Å². The number of pyridine rings is 1. The number of carbonyl (C=O) groups excluding carboxylic acids is 1. The van der Waals surface area contributed by atoms with Crippen molar-refractivity contribution < 1.29 is 27.1 Å². The molecular weight excluding hydrogens is 510 g/mol. The molecule has 2 aromatic carbocycles. The SMILES string of the molecule is CCCNc1ncc(-c2ccc(Oc3ccc(NC(=O)Nc4cc(C(F)(F)F)ccc4F)cn3)cc2)s1. The molecule has 12 heteroatoms. The van der Waals surface area contributed by atoms with E-state index >= 15 is 0 Å². The number of urea groups is 1. The molecule has 192 valence electrons. The first-order chi connectivity index (χ1) is 17.7. The van der Waals surface area contributed by atoms with Crippen molar-refractivity contribution in [2.24, 2.45) is 0 Å². The molecule has 0 aliphatic carbocycles. The molecule has 4 aromatic rings. The van der Waals surface area contributed by atoms with Gasteiger partial charge >= 0.3 is 12.2 Å². The van der Waals surface area contributed by atoms with Gasteiger partial charge < -0.3 is 20.7 Å². The fourth-order valence-electron chi connectivity index (χ4n) is 3.13. The Hall–Kier alpha value is -4.19. The van der Waals surface area contributed by atoms with Crippen molar-refractivity contribution in [1.82, 2.24) is 9.97 Å². The zero-order valence-corrected chi connectivity index (χ0v) is 20.2. The highest BCUT2D eigenvalue weighted by atomic mass is 32.1. The second-order valence-corrected chi connectivity index (χ2v) is 8.77. The van der Waals surface area contributed by atoms with Gasteiger partial charge in [-0.2, -0.15) is 13.2 Å². The van der Waals surface area contributed by atoms with Crippen molar-refractivity contribution in [3.8, 4) is 22.1 Å². The molecule has 0 unspecified atom stereocenters. The van der Waals surface area contributed by atoms with E-state index in [0.717, 1.165) is 28.5 Å². The van der Waals surface area contributed by atoms with Crippen molar-refractivity contribution in [3.63, 3.8) is 0 Å². The van der Waals surface area contributed by atoms with Gasteiger partial charge in [-0.15, -0.1) is 0 Å². The van der Waals surface area contributed by atoms with Crippen molar-refractivity contribution in [2.75, 3.05) is 22.5 Å². The largest absolute Gasteiger partial charge is 0.439 e. The van der Waals surface area contributed by atoms with Gasteiger partial charge in [0.05, 0.1) is 28.0 Å². The number of nitrogens with one attached hydrogen (secondary N) is 3. The maximum absolute atomic E-state index is 13.8. The van der Waals surface area contributed by atoms with Crippen LogP contribution in [-0.4, -0.2) is 22.5 Å². The van der Waals surface area contributed by atoms with Crippen molar-refractivity contribution >= 4 is 33.9 Å². The molecule has 0 bridgehead atoms. The normalized spacial score (nSPS) is 11.2. The lowest BCUT2D eigenvalue weighted by molar-refractivity contribution is -0.137. The number of alkyl halides is 3. The average Bonchev–Trinajstić information content (AvgIpc) is 3.34. The summed E-state index contributed by atoms with van der Waals surface area (Å²) in [5, 5.41) is 8.56. The number of anilines is 3. The Morgan fingerprint density at radius 3 is 2.46 bits per heavy atom. The lowest BCUT2D eigenvalue weighted by atomic mass is 10.2. The second-order valence-electron chi connectivity index (χ2n) is 7.74. The lowest BCUT2D eigenvalue weighted by Crippen LogP contribution is -2.20. The molecule has 0 saturated carbocycles. The van der Waals surface area contributed by atoms with Crippen LogP contribution in [0.1, 0.15) is 18.9 Å². The van der Waals surface area contributed by atoms with Gasteiger partial charge in [-0.1, -0.05) is 18.3 Å². The van der Waals surface area contributed by atoms with Crippen LogP contribution in [0.15, 0.2) is 67.0 Å². The molecule has 0 spiro atoms. The summed E-state index contributed by atoms with van der Waals surface area (Å²) in [5.41, 5.74) is -0.466. The predicted molar refractivity (Wildman–Crippen MR) is 135 cm³/mol. The van der Waals surface area contributed by atoms with Crippen LogP contribution >= 0.6 is 11.3 Å². The smallest absolute Gasteiger partial charge is 0.416 e. The first-order valence-electron chi connectivity index (χ1n) is 11.1. The van der Waals surface area contributed by atoms with Gasteiger partial charge in [0.1, 0.15) is 11.6 Å². The lowest BCUT2D eigenvalue weighted by Gasteiger charge is -2.12. The summed E-state index contributed by atoms with van der Waals surface area (Å²) in [6.45, 7) is 2.95. The molecule has 4 rings (SSSR count). The van der Waals surface area contributed by atoms with Crippen LogP contribution in [0.25, 0.3) is 10.4 Å². The Morgan fingerprint density at radius 2 is 1.78 bits per heavy atom. The summed E-state index contributed by atoms with van der Waals surface area (Å²) in [5.74, 6) is -0.199. The predicted octanol–water partition coefficient (Wildman–Crippen LogP) is 7.62. The highest BCUT2D eigenvalue weighted by molar-refractivity contribution is 7.18. The standard InChI is InChI=1S/C25H21F4N5O2S/c1-2-11-30-24-32-14-21(37-24)15-3-7-18(8-4-15)36-22-10-6-17(13-31-22)33-23(35)34-20-12-16(25(27,28)29)5-9-19(20)26/h3-10,12-14H,2,11H2,1H3,(H,30,32)(H2,33,34,35). The highest BCUT2D eigenvalue weighted by Gasteiger charge is 2.31. The number of nitrogens with zero attached hydrogens (tertiary/aromatic N) is 2. The third kappa shape index (κ3) is 6.94. The van der Waals surface area contributed by atoms with Crippen molar-refractivity contribution in [2.45, 2.75) is 19.5 Å². The molecule has 37 heavy (non-hydrogen) atoms. The number of thiazole rings is 1. The Morgan fingerprint density at radius 1 is 1.00 bits per heavy atom. The van der Waals surface area contributed by atoms with Gasteiger partial charge in [0, 0.05) is 18.8 Å². The Labute approximate surface area is 213 Å². The number of benzene rings is 2. The molecule has 2 aromatic heterocycles. The van der Waals surface area contributed by atoms with E-state index in [0.29, 0.717) is 23.9 Å². The van der Waals surface area contributed by atoms with Crippen LogP contribution in [0, 0.1) is 5.82 Å². The summed E-state index contributed by atoms with van der Waals surface area (Å²) < 4.78 is 58.1. The number of ether oxygens (including phenoxy) is 1. The maximum Gasteiger partial charge on any atom is 0.416 e. The summed E-state index contributed by atoms with van der Waals surface area (Å²) >= 11 is 1.56. The van der Waals surface area contributed by atoms with Gasteiger partial charge in [0.15, 0.2) is 5.13 Å². The van der Waals surface area contributed by atoms with Crippen molar-refractivity contribution in [3.05, 3.63) is 78.4 Å². The van der Waals surface area contributed by atoms with Crippen LogP contribution in [0.2, 0.25) is 0 Å². The highest BCUT2D eigenvalue weighted by Crippen LogP contribution is 2.32. The number of amides is 2. The van der Waals surface area contributed by atoms with Gasteiger partial charge in [0.2, 0.25) is 5.88 Å². The van der Waals surface area contributed by atoms with Crippen molar-refractivity contribution in [1.29, 1.82) is 0 Å². The number of rotatable bonds is 8. The molecule has 0 fully saturated rings. The maximum atomic E-state index is 13.8. The summed E-state index contributed by atoms with van der Waals surface area (Å²) in [7, 11) is 0. The minimum absolute atomic E-state index is 0.227. The summed E-state index contributed by atoms with van der Waals surface area (Å²) in [6, 6.07) is 11.2. The van der Waals surface area contributed by atoms with Gasteiger partial charge in [-0.05, 0) is 60.5 Å². The van der Waals surface area contributed by atoms with E-state index in [9.17, 15) is 22.4 Å². The fraction of sp³-hybridized carbons (Fsp3) is 0.160. The van der Waals surface area contributed by atoms with Crippen LogP contribution in [-0.2, 0) is 6.18 Å². The quantitative estimate of drug-likeness (QED) is 0.204. The zero-order valence-electron chi connectivity index (χ0n) is 19.4. The third-order valence-corrected chi connectivity index (χ3v) is 5.93. The first kappa shape index (κ1) is 25.9. The number of hydrogen-bond acceptors (Lipinski definition) is 6. The van der Waals surface area contributed by atoms with Crippen LogP contribution in [0.3, 0.4) is 0 Å². The minimum Gasteiger partial charge on any atom is -0.439 e. The molecule has 2 heterocycles. The van der Waals surface area contributed by atoms with Gasteiger partial charge in [0.25, 0.3) is 0 Å². The minimum atomic E-state index is -4.67. The van der Waals surface area contributed by atoms with E-state index in [1.165, 1.54) is 18.3 Å². The molecular formula is C25H21F4N5O2S. The number of hydrogen-bond donors (Lipinski definition) is 3. The van der Waals surface area contributed by atoms with Gasteiger partial charge in [-0.25, -0.2) is 19.2 Å². The van der Waals surface area contributed by atoms with Crippen LogP contribution < -0.4 is 20.7 Å². The molecule has 0 atom stereocenters. The molecule has 2 amide bonds. The summed E-state index contributed by atoms with van der Waals surface area (Å²) in [6.07, 6.45) is -0.548. The molecule has 0 aliphatic rings. The third-order valence-electron chi connectivity index (χ3n) is 4.93. The van der Waals surface area contributed by atoms with E-state index in [1.807, 2.05) is 18.3 Å². The molecule has 0 radical (unpaired) electrons. The van der Waals surface area contributed by atoms with E-state index < -0.39 is 29.3 Å². The molecule has 7 nitrogen and oxygen atoms in total. The zero-order chi connectivity index (χ0) is 26.4. The van der Waals surface area contributed by atoms with E-state index in [4.69, 9.17) is 4.74 Å². The topological polar surface area (TPSA) is 88.2 Å². The monoisotopic (exact) mass is 531 g/mol. The number of carbonyl (C=O) groups is 1. The molecule has 3 N–H and O–H groups in total. The van der Waals surface area contributed by atoms with Gasteiger partial charge in [-0.3, -0.25) is 0 Å². The second kappa shape index (κ2) is 11.2. The Balaban J connectivity index is 1.33. The summed E-state index contributed by atoms with van der Waals surface area (Å²) in [4.78, 5) is 21.6. The number of halogens is 4. The Kier molecular flexibility index (Phi) is 7.87. The Bertz CT molecular complexity index is 1360. The van der Waals surface area contributed by atoms with Crippen LogP contribution in [0.4, 0.5) is 38.9 Å². The fourth-order valence-corrected chi connectivity index (χ4v) is 3.97. The number of aromatic nitrogens is 2. The van der Waals surface area contributed by atoms with E-state index in [2.05, 4.69) is 32.8 Å².